The lowest BCUT2D eigenvalue weighted by atomic mass is 9.82. The Balaban J connectivity index is 2.82. The molecule has 1 rings (SSSR count). The van der Waals surface area contributed by atoms with Gasteiger partial charge in [-0.25, -0.2) is 0 Å². The monoisotopic (exact) mass is 314 g/mol. The zero-order valence-electron chi connectivity index (χ0n) is 12.8. The van der Waals surface area contributed by atoms with E-state index in [1.807, 2.05) is 6.92 Å². The van der Waals surface area contributed by atoms with Crippen molar-refractivity contribution < 1.29 is 22.6 Å². The molecule has 21 heavy (non-hydrogen) atoms. The summed E-state index contributed by atoms with van der Waals surface area (Å²) in [5.74, 6) is -1.15. The first-order valence-corrected chi connectivity index (χ1v) is 8.34. The molecule has 0 bridgehead atoms. The van der Waals surface area contributed by atoms with Crippen molar-refractivity contribution in [3.05, 3.63) is 23.8 Å². The zero-order valence-corrected chi connectivity index (χ0v) is 13.6. The highest BCUT2D eigenvalue weighted by molar-refractivity contribution is 7.87. The molecule has 118 valence electrons. The summed E-state index contributed by atoms with van der Waals surface area (Å²) < 4.78 is 31.2. The molecule has 0 aromatic rings. The molecule has 2 atom stereocenters. The predicted molar refractivity (Wildman–Crippen MR) is 80.4 cm³/mol. The van der Waals surface area contributed by atoms with Crippen LogP contribution in [-0.2, 0) is 19.7 Å². The lowest BCUT2D eigenvalue weighted by Crippen LogP contribution is -2.33. The molecule has 6 heteroatoms. The number of rotatable bonds is 5. The summed E-state index contributed by atoms with van der Waals surface area (Å²) in [6.45, 7) is 8.12. The quantitative estimate of drug-likeness (QED) is 0.621. The van der Waals surface area contributed by atoms with Gasteiger partial charge in [0.25, 0.3) is 10.1 Å². The second-order valence-electron chi connectivity index (χ2n) is 6.76. The molecule has 0 fully saturated rings. The Labute approximate surface area is 125 Å². The van der Waals surface area contributed by atoms with E-state index in [1.54, 1.807) is 0 Å². The van der Waals surface area contributed by atoms with Crippen LogP contribution in [0.4, 0.5) is 0 Å². The third-order valence-corrected chi connectivity index (χ3v) is 4.20. The number of allylic oxidation sites excluding steroid dienone is 3. The van der Waals surface area contributed by atoms with Gasteiger partial charge in [0.15, 0.2) is 16.8 Å². The molecule has 0 radical (unpaired) electrons. The fraction of sp³-hybridized carbons (Fsp3) is 0.600. The van der Waals surface area contributed by atoms with E-state index in [4.69, 9.17) is 4.55 Å². The Morgan fingerprint density at radius 2 is 1.95 bits per heavy atom. The smallest absolute Gasteiger partial charge is 0.279 e. The number of Topliss-reactive ketones (excluding diaryl/α,β-unsaturated/α-hetero) is 2. The summed E-state index contributed by atoms with van der Waals surface area (Å²) in [7, 11) is -4.53. The molecular formula is C15H22O5S. The van der Waals surface area contributed by atoms with Gasteiger partial charge in [0.05, 0.1) is 5.57 Å². The van der Waals surface area contributed by atoms with Crippen molar-refractivity contribution in [3.63, 3.8) is 0 Å². The van der Waals surface area contributed by atoms with Crippen LogP contribution < -0.4 is 0 Å². The Morgan fingerprint density at radius 3 is 2.43 bits per heavy atom. The first-order valence-electron chi connectivity index (χ1n) is 6.84. The minimum Gasteiger partial charge on any atom is -0.294 e. The highest BCUT2D eigenvalue weighted by Gasteiger charge is 2.35. The van der Waals surface area contributed by atoms with Gasteiger partial charge in [0.2, 0.25) is 0 Å². The fourth-order valence-electron chi connectivity index (χ4n) is 2.58. The second-order valence-corrected chi connectivity index (χ2v) is 8.30. The maximum atomic E-state index is 12.2. The molecule has 5 nitrogen and oxygen atoms in total. The molecule has 0 amide bonds. The minimum atomic E-state index is -4.53. The van der Waals surface area contributed by atoms with Crippen LogP contribution in [0.5, 0.6) is 0 Å². The van der Waals surface area contributed by atoms with Crippen LogP contribution in [0.25, 0.3) is 0 Å². The SMILES string of the molecule is CC(CC(=O)C1=CC=CC(S(=O)(=O)O)C1=O)CC(C)(C)C. The van der Waals surface area contributed by atoms with Crippen molar-refractivity contribution in [1.29, 1.82) is 0 Å². The van der Waals surface area contributed by atoms with Gasteiger partial charge in [0.1, 0.15) is 0 Å². The molecule has 0 aliphatic heterocycles. The van der Waals surface area contributed by atoms with E-state index >= 15 is 0 Å². The molecule has 0 spiro atoms. The lowest BCUT2D eigenvalue weighted by Gasteiger charge is -2.23. The predicted octanol–water partition coefficient (Wildman–Crippen LogP) is 2.34. The van der Waals surface area contributed by atoms with Crippen LogP contribution >= 0.6 is 0 Å². The largest absolute Gasteiger partial charge is 0.294 e. The summed E-state index contributed by atoms with van der Waals surface area (Å²) >= 11 is 0. The van der Waals surface area contributed by atoms with Crippen LogP contribution in [0.1, 0.15) is 40.5 Å². The van der Waals surface area contributed by atoms with E-state index in [9.17, 15) is 18.0 Å². The van der Waals surface area contributed by atoms with Crippen molar-refractivity contribution in [2.75, 3.05) is 0 Å². The Hall–Kier alpha value is -1.27. The molecule has 0 aromatic heterocycles. The van der Waals surface area contributed by atoms with Gasteiger partial charge in [-0.3, -0.25) is 14.1 Å². The maximum absolute atomic E-state index is 12.2. The van der Waals surface area contributed by atoms with Gasteiger partial charge in [-0.1, -0.05) is 39.8 Å². The van der Waals surface area contributed by atoms with Gasteiger partial charge < -0.3 is 0 Å². The van der Waals surface area contributed by atoms with E-state index in [-0.39, 0.29) is 29.1 Å². The van der Waals surface area contributed by atoms with Crippen molar-refractivity contribution in [2.24, 2.45) is 11.3 Å². The maximum Gasteiger partial charge on any atom is 0.279 e. The van der Waals surface area contributed by atoms with Crippen LogP contribution in [0.15, 0.2) is 23.8 Å². The van der Waals surface area contributed by atoms with Crippen molar-refractivity contribution in [1.82, 2.24) is 0 Å². The Bertz CT molecular complexity index is 590. The van der Waals surface area contributed by atoms with Gasteiger partial charge >= 0.3 is 0 Å². The van der Waals surface area contributed by atoms with Crippen LogP contribution in [-0.4, -0.2) is 29.8 Å². The van der Waals surface area contributed by atoms with E-state index in [2.05, 4.69) is 20.8 Å². The van der Waals surface area contributed by atoms with E-state index < -0.39 is 21.2 Å². The van der Waals surface area contributed by atoms with Gasteiger partial charge in [-0.15, -0.1) is 0 Å². The minimum absolute atomic E-state index is 0.0710. The first kappa shape index (κ1) is 17.8. The second kappa shape index (κ2) is 6.23. The normalized spacial score (nSPS) is 21.1. The van der Waals surface area contributed by atoms with E-state index in [1.165, 1.54) is 12.2 Å². The summed E-state index contributed by atoms with van der Waals surface area (Å²) in [4.78, 5) is 24.2. The average molecular weight is 314 g/mol. The topological polar surface area (TPSA) is 88.5 Å². The molecular weight excluding hydrogens is 292 g/mol. The highest BCUT2D eigenvalue weighted by Crippen LogP contribution is 2.27. The Morgan fingerprint density at radius 1 is 1.38 bits per heavy atom. The molecule has 0 aromatic carbocycles. The number of carbonyl (C=O) groups is 2. The highest BCUT2D eigenvalue weighted by atomic mass is 32.2. The molecule has 0 heterocycles. The summed E-state index contributed by atoms with van der Waals surface area (Å²) in [6, 6.07) is 0. The summed E-state index contributed by atoms with van der Waals surface area (Å²) in [5, 5.41) is -1.67. The van der Waals surface area contributed by atoms with Gasteiger partial charge in [-0.05, 0) is 23.8 Å². The molecule has 0 saturated heterocycles. The number of carbonyl (C=O) groups excluding carboxylic acids is 2. The third kappa shape index (κ3) is 5.21. The lowest BCUT2D eigenvalue weighted by molar-refractivity contribution is -0.121. The number of ketones is 2. The fourth-order valence-corrected chi connectivity index (χ4v) is 3.27. The van der Waals surface area contributed by atoms with Gasteiger partial charge in [0, 0.05) is 6.42 Å². The van der Waals surface area contributed by atoms with Crippen LogP contribution in [0.3, 0.4) is 0 Å². The van der Waals surface area contributed by atoms with Crippen molar-refractivity contribution in [2.45, 2.75) is 45.8 Å². The summed E-state index contributed by atoms with van der Waals surface area (Å²) in [6.07, 6.45) is 4.71. The van der Waals surface area contributed by atoms with Crippen LogP contribution in [0, 0.1) is 11.3 Å². The molecule has 1 aliphatic rings. The standard InChI is InChI=1S/C15H22O5S/c1-10(9-15(2,3)4)8-12(16)11-6-5-7-13(14(11)17)21(18,19)20/h5-7,10,13H,8-9H2,1-4H3,(H,18,19,20). The molecule has 1 N–H and O–H groups in total. The average Bonchev–Trinajstić information content (AvgIpc) is 2.24. The third-order valence-electron chi connectivity index (χ3n) is 3.19. The zero-order chi connectivity index (χ0) is 16.4. The number of hydrogen-bond donors (Lipinski definition) is 1. The van der Waals surface area contributed by atoms with E-state index in [0.717, 1.165) is 12.5 Å². The van der Waals surface area contributed by atoms with Gasteiger partial charge in [-0.2, -0.15) is 8.42 Å². The van der Waals surface area contributed by atoms with E-state index in [0.29, 0.717) is 0 Å². The summed E-state index contributed by atoms with van der Waals surface area (Å²) in [5.41, 5.74) is -0.0810. The molecule has 2 unspecified atom stereocenters. The molecule has 1 aliphatic carbocycles. The first-order chi connectivity index (χ1) is 9.42. The van der Waals surface area contributed by atoms with Crippen molar-refractivity contribution >= 4 is 21.7 Å². The molecule has 0 saturated carbocycles. The van der Waals surface area contributed by atoms with Crippen molar-refractivity contribution in [3.8, 4) is 0 Å². The van der Waals surface area contributed by atoms with Crippen LogP contribution in [0.2, 0.25) is 0 Å². The number of hydrogen-bond acceptors (Lipinski definition) is 4. The Kier molecular flexibility index (Phi) is 5.28.